The minimum atomic E-state index is 0.0888. The molecule has 134 valence electrons. The van der Waals surface area contributed by atoms with E-state index in [0.29, 0.717) is 29.5 Å². The number of anilines is 1. The van der Waals surface area contributed by atoms with Crippen LogP contribution in [0.25, 0.3) is 22.3 Å². The summed E-state index contributed by atoms with van der Waals surface area (Å²) in [5.41, 5.74) is 2.07. The number of nitrogens with zero attached hydrogens (tertiary/aromatic N) is 4. The van der Waals surface area contributed by atoms with Crippen LogP contribution in [-0.4, -0.2) is 32.2 Å². The van der Waals surface area contributed by atoms with Gasteiger partial charge in [-0.1, -0.05) is 12.1 Å². The van der Waals surface area contributed by atoms with Crippen LogP contribution in [-0.2, 0) is 6.54 Å². The Labute approximate surface area is 155 Å². The van der Waals surface area contributed by atoms with Crippen LogP contribution in [0.4, 0.5) is 5.82 Å². The number of phenolic OH excluding ortho intramolecular Hbond substituents is 1. The van der Waals surface area contributed by atoms with Gasteiger partial charge in [-0.15, -0.1) is 0 Å². The van der Waals surface area contributed by atoms with Crippen molar-refractivity contribution in [2.75, 3.05) is 12.4 Å². The maximum absolute atomic E-state index is 10.3. The summed E-state index contributed by atoms with van der Waals surface area (Å²) in [6.45, 7) is 0.471. The van der Waals surface area contributed by atoms with Crippen molar-refractivity contribution >= 4 is 16.7 Å². The maximum Gasteiger partial charge on any atom is 0.166 e. The fourth-order valence-corrected chi connectivity index (χ4v) is 2.75. The van der Waals surface area contributed by atoms with E-state index < -0.39 is 0 Å². The van der Waals surface area contributed by atoms with Gasteiger partial charge in [-0.25, -0.2) is 9.97 Å². The molecule has 2 aromatic carbocycles. The minimum absolute atomic E-state index is 0.0888. The predicted octanol–water partition coefficient (Wildman–Crippen LogP) is 3.41. The molecule has 0 atom stereocenters. The number of aromatic hydroxyl groups is 1. The number of hydrogen-bond donors (Lipinski definition) is 2. The first-order valence-corrected chi connectivity index (χ1v) is 8.37. The molecule has 0 saturated carbocycles. The van der Waals surface area contributed by atoms with Crippen molar-refractivity contribution in [3.63, 3.8) is 0 Å². The third-order valence-corrected chi connectivity index (χ3v) is 4.10. The van der Waals surface area contributed by atoms with Gasteiger partial charge in [0.15, 0.2) is 5.82 Å². The zero-order chi connectivity index (χ0) is 18.6. The van der Waals surface area contributed by atoms with Gasteiger partial charge in [0.2, 0.25) is 0 Å². The smallest absolute Gasteiger partial charge is 0.166 e. The van der Waals surface area contributed by atoms with E-state index in [0.717, 1.165) is 16.6 Å². The van der Waals surface area contributed by atoms with Crippen molar-refractivity contribution in [1.82, 2.24) is 19.9 Å². The molecule has 27 heavy (non-hydrogen) atoms. The van der Waals surface area contributed by atoms with Gasteiger partial charge in [-0.2, -0.15) is 0 Å². The van der Waals surface area contributed by atoms with Gasteiger partial charge in [-0.05, 0) is 30.3 Å². The Morgan fingerprint density at radius 1 is 1.07 bits per heavy atom. The molecule has 0 amide bonds. The molecule has 0 bridgehead atoms. The van der Waals surface area contributed by atoms with E-state index in [1.54, 1.807) is 43.9 Å². The van der Waals surface area contributed by atoms with Gasteiger partial charge in [0, 0.05) is 17.8 Å². The van der Waals surface area contributed by atoms with Gasteiger partial charge in [0.25, 0.3) is 0 Å². The Bertz CT molecular complexity index is 1090. The highest BCUT2D eigenvalue weighted by atomic mass is 16.5. The fourth-order valence-electron chi connectivity index (χ4n) is 2.75. The molecule has 7 heteroatoms. The van der Waals surface area contributed by atoms with Crippen LogP contribution in [0.5, 0.6) is 11.5 Å². The van der Waals surface area contributed by atoms with Crippen LogP contribution >= 0.6 is 0 Å². The normalized spacial score (nSPS) is 10.7. The number of hydrogen-bond acceptors (Lipinski definition) is 7. The SMILES string of the molecule is COc1ccc(O)c(-c2nc(NCc3cnccn3)c3ccccc3n2)c1. The predicted molar refractivity (Wildman–Crippen MR) is 103 cm³/mol. The van der Waals surface area contributed by atoms with Crippen LogP contribution < -0.4 is 10.1 Å². The fraction of sp³-hybridized carbons (Fsp3) is 0.100. The highest BCUT2D eigenvalue weighted by Gasteiger charge is 2.13. The molecule has 2 N–H and O–H groups in total. The van der Waals surface area contributed by atoms with Crippen LogP contribution in [0.3, 0.4) is 0 Å². The summed E-state index contributed by atoms with van der Waals surface area (Å²) in [5, 5.41) is 14.5. The van der Waals surface area contributed by atoms with E-state index in [4.69, 9.17) is 4.74 Å². The second kappa shape index (κ2) is 7.25. The summed E-state index contributed by atoms with van der Waals surface area (Å²) in [5.74, 6) is 1.77. The molecule has 0 aliphatic rings. The quantitative estimate of drug-likeness (QED) is 0.564. The molecule has 4 aromatic rings. The van der Waals surface area contributed by atoms with E-state index in [9.17, 15) is 5.11 Å². The van der Waals surface area contributed by atoms with E-state index in [1.807, 2.05) is 24.3 Å². The average molecular weight is 359 g/mol. The van der Waals surface area contributed by atoms with E-state index in [1.165, 1.54) is 0 Å². The first kappa shape index (κ1) is 16.7. The van der Waals surface area contributed by atoms with Gasteiger partial charge < -0.3 is 15.2 Å². The Morgan fingerprint density at radius 3 is 2.78 bits per heavy atom. The molecule has 0 radical (unpaired) electrons. The first-order valence-electron chi connectivity index (χ1n) is 8.37. The molecule has 4 rings (SSSR count). The van der Waals surface area contributed by atoms with Crippen molar-refractivity contribution in [3.8, 4) is 22.9 Å². The molecule has 0 fully saturated rings. The average Bonchev–Trinajstić information content (AvgIpc) is 2.73. The third-order valence-electron chi connectivity index (χ3n) is 4.10. The molecule has 0 aliphatic heterocycles. The summed E-state index contributed by atoms with van der Waals surface area (Å²) in [4.78, 5) is 17.6. The monoisotopic (exact) mass is 359 g/mol. The molecular weight excluding hydrogens is 342 g/mol. The first-order chi connectivity index (χ1) is 13.2. The number of phenols is 1. The standard InChI is InChI=1S/C20H17N5O2/c1-27-14-6-7-18(26)16(10-14)20-24-17-5-3-2-4-15(17)19(25-20)23-12-13-11-21-8-9-22-13/h2-11,26H,12H2,1H3,(H,23,24,25). The Balaban J connectivity index is 1.79. The Morgan fingerprint density at radius 2 is 1.96 bits per heavy atom. The van der Waals surface area contributed by atoms with Gasteiger partial charge >= 0.3 is 0 Å². The van der Waals surface area contributed by atoms with E-state index >= 15 is 0 Å². The summed E-state index contributed by atoms with van der Waals surface area (Å²) < 4.78 is 5.26. The molecule has 0 spiro atoms. The number of rotatable bonds is 5. The molecule has 0 saturated heterocycles. The van der Waals surface area contributed by atoms with Crippen LogP contribution in [0.1, 0.15) is 5.69 Å². The number of benzene rings is 2. The van der Waals surface area contributed by atoms with Gasteiger partial charge in [0.05, 0.1) is 36.6 Å². The summed E-state index contributed by atoms with van der Waals surface area (Å²) in [7, 11) is 1.57. The minimum Gasteiger partial charge on any atom is -0.507 e. The van der Waals surface area contributed by atoms with Crippen molar-refractivity contribution in [2.45, 2.75) is 6.54 Å². The highest BCUT2D eigenvalue weighted by Crippen LogP contribution is 2.33. The largest absolute Gasteiger partial charge is 0.507 e. The maximum atomic E-state index is 10.3. The number of ether oxygens (including phenoxy) is 1. The summed E-state index contributed by atoms with van der Waals surface area (Å²) in [6.07, 6.45) is 4.98. The van der Waals surface area contributed by atoms with E-state index in [2.05, 4.69) is 25.3 Å². The van der Waals surface area contributed by atoms with Crippen molar-refractivity contribution in [2.24, 2.45) is 0 Å². The van der Waals surface area contributed by atoms with Crippen molar-refractivity contribution in [3.05, 3.63) is 66.7 Å². The molecule has 2 heterocycles. The van der Waals surface area contributed by atoms with Crippen molar-refractivity contribution in [1.29, 1.82) is 0 Å². The van der Waals surface area contributed by atoms with Crippen LogP contribution in [0.2, 0.25) is 0 Å². The Kier molecular flexibility index (Phi) is 4.49. The van der Waals surface area contributed by atoms with Gasteiger partial charge in [-0.3, -0.25) is 9.97 Å². The molecule has 2 aromatic heterocycles. The number of fused-ring (bicyclic) bond motifs is 1. The molecule has 7 nitrogen and oxygen atoms in total. The second-order valence-corrected chi connectivity index (χ2v) is 5.85. The molecular formula is C20H17N5O2. The third kappa shape index (κ3) is 3.48. The van der Waals surface area contributed by atoms with E-state index in [-0.39, 0.29) is 5.75 Å². The lowest BCUT2D eigenvalue weighted by molar-refractivity contribution is 0.412. The zero-order valence-electron chi connectivity index (χ0n) is 14.6. The lowest BCUT2D eigenvalue weighted by Crippen LogP contribution is -2.05. The zero-order valence-corrected chi connectivity index (χ0v) is 14.6. The number of nitrogens with one attached hydrogen (secondary N) is 1. The lowest BCUT2D eigenvalue weighted by Gasteiger charge is -2.12. The lowest BCUT2D eigenvalue weighted by atomic mass is 10.1. The topological polar surface area (TPSA) is 93.1 Å². The van der Waals surface area contributed by atoms with Crippen molar-refractivity contribution < 1.29 is 9.84 Å². The van der Waals surface area contributed by atoms with Crippen LogP contribution in [0.15, 0.2) is 61.1 Å². The molecule has 0 aliphatic carbocycles. The Hall–Kier alpha value is -3.74. The van der Waals surface area contributed by atoms with Gasteiger partial charge in [0.1, 0.15) is 17.3 Å². The summed E-state index contributed by atoms with van der Waals surface area (Å²) >= 11 is 0. The van der Waals surface area contributed by atoms with Crippen LogP contribution in [0, 0.1) is 0 Å². The number of para-hydroxylation sites is 1. The second-order valence-electron chi connectivity index (χ2n) is 5.85. The number of aromatic nitrogens is 4. The molecule has 0 unspecified atom stereocenters. The number of methoxy groups -OCH3 is 1. The summed E-state index contributed by atoms with van der Waals surface area (Å²) in [6, 6.07) is 12.7. The highest BCUT2D eigenvalue weighted by molar-refractivity contribution is 5.91.